The quantitative estimate of drug-likeness (QED) is 0.154. The number of ether oxygens (including phenoxy) is 2. The fourth-order valence-corrected chi connectivity index (χ4v) is 5.31. The molecule has 0 saturated carbocycles. The third kappa shape index (κ3) is 8.32. The van der Waals surface area contributed by atoms with Crippen LogP contribution in [0.3, 0.4) is 0 Å². The Morgan fingerprint density at radius 2 is 1.69 bits per heavy atom. The third-order valence-corrected chi connectivity index (χ3v) is 7.82. The summed E-state index contributed by atoms with van der Waals surface area (Å²) in [5.74, 6) is -1.19. The van der Waals surface area contributed by atoms with Gasteiger partial charge in [0.25, 0.3) is 5.56 Å². The van der Waals surface area contributed by atoms with Gasteiger partial charge in [0.1, 0.15) is 30.2 Å². The van der Waals surface area contributed by atoms with Crippen molar-refractivity contribution in [2.24, 2.45) is 0 Å². The molecule has 0 fully saturated rings. The first-order chi connectivity index (χ1) is 24.8. The van der Waals surface area contributed by atoms with Crippen LogP contribution in [-0.4, -0.2) is 55.7 Å². The molecule has 6 aromatic rings. The molecule has 2 atom stereocenters. The van der Waals surface area contributed by atoms with Gasteiger partial charge in [-0.3, -0.25) is 24.5 Å². The van der Waals surface area contributed by atoms with Crippen LogP contribution in [0.5, 0.6) is 0 Å². The predicted molar refractivity (Wildman–Crippen MR) is 184 cm³/mol. The van der Waals surface area contributed by atoms with E-state index in [4.69, 9.17) is 13.9 Å². The Morgan fingerprint density at radius 3 is 2.39 bits per heavy atom. The van der Waals surface area contributed by atoms with E-state index in [0.717, 1.165) is 15.7 Å². The van der Waals surface area contributed by atoms with E-state index in [9.17, 15) is 24.3 Å². The monoisotopic (exact) mass is 688 g/mol. The van der Waals surface area contributed by atoms with Gasteiger partial charge in [0, 0.05) is 18.0 Å². The topological polar surface area (TPSA) is 188 Å². The standard InChI is InChI=1S/C37H32N6O8/c1-49-36(47)25-14-15-30-27(18-25)41-34(51-30)32(45)28(17-23-9-4-2-5-10-23)40-31(44)21-43-33(26-13-8-16-38-19-26)39-20-29(35(43)46)42-37(48)50-22-24-11-6-3-7-12-24/h2-16,18-20,28,32,45H,17,21-22H2,1H3,(H,40,44)(H,42,48). The molecule has 6 rings (SSSR count). The number of aliphatic hydroxyl groups is 1. The van der Waals surface area contributed by atoms with Crippen LogP contribution >= 0.6 is 0 Å². The summed E-state index contributed by atoms with van der Waals surface area (Å²) in [6.07, 6.45) is 2.06. The van der Waals surface area contributed by atoms with Gasteiger partial charge in [0.2, 0.25) is 11.8 Å². The molecule has 0 radical (unpaired) electrons. The highest BCUT2D eigenvalue weighted by molar-refractivity contribution is 5.93. The summed E-state index contributed by atoms with van der Waals surface area (Å²) in [5.41, 5.74) is 1.92. The van der Waals surface area contributed by atoms with E-state index in [2.05, 4.69) is 25.6 Å². The summed E-state index contributed by atoms with van der Waals surface area (Å²) in [7, 11) is 1.26. The maximum atomic E-state index is 13.8. The Balaban J connectivity index is 1.27. The normalized spacial score (nSPS) is 12.1. The van der Waals surface area contributed by atoms with Crippen LogP contribution in [-0.2, 0) is 33.8 Å². The number of pyridine rings is 1. The summed E-state index contributed by atoms with van der Waals surface area (Å²) in [6.45, 7) is -0.569. The van der Waals surface area contributed by atoms with Gasteiger partial charge in [-0.15, -0.1) is 0 Å². The lowest BCUT2D eigenvalue weighted by molar-refractivity contribution is -0.123. The van der Waals surface area contributed by atoms with Gasteiger partial charge >= 0.3 is 12.1 Å². The van der Waals surface area contributed by atoms with Crippen molar-refractivity contribution in [3.05, 3.63) is 143 Å². The molecule has 3 heterocycles. The summed E-state index contributed by atoms with van der Waals surface area (Å²) >= 11 is 0. The maximum Gasteiger partial charge on any atom is 0.412 e. The molecule has 0 bridgehead atoms. The van der Waals surface area contributed by atoms with Gasteiger partial charge in [0.15, 0.2) is 11.7 Å². The van der Waals surface area contributed by atoms with Crippen molar-refractivity contribution < 1.29 is 33.4 Å². The van der Waals surface area contributed by atoms with Gasteiger partial charge in [-0.1, -0.05) is 60.7 Å². The summed E-state index contributed by atoms with van der Waals surface area (Å²) in [4.78, 5) is 65.1. The van der Waals surface area contributed by atoms with E-state index in [1.54, 1.807) is 42.6 Å². The molecule has 258 valence electrons. The Hall–Kier alpha value is -6.67. The molecule has 0 aliphatic rings. The highest BCUT2D eigenvalue weighted by Gasteiger charge is 2.29. The number of amides is 2. The molecule has 2 unspecified atom stereocenters. The Bertz CT molecular complexity index is 2210. The second kappa shape index (κ2) is 15.7. The number of rotatable bonds is 12. The van der Waals surface area contributed by atoms with Crippen LogP contribution in [0.4, 0.5) is 10.5 Å². The lowest BCUT2D eigenvalue weighted by atomic mass is 10.0. The number of hydrogen-bond acceptors (Lipinski definition) is 11. The number of nitrogens with one attached hydrogen (secondary N) is 2. The lowest BCUT2D eigenvalue weighted by Gasteiger charge is -2.23. The third-order valence-electron chi connectivity index (χ3n) is 7.82. The van der Waals surface area contributed by atoms with Gasteiger partial charge in [-0.25, -0.2) is 19.6 Å². The van der Waals surface area contributed by atoms with E-state index >= 15 is 0 Å². The first-order valence-corrected chi connectivity index (χ1v) is 15.8. The minimum absolute atomic E-state index is 0.0257. The van der Waals surface area contributed by atoms with Crippen LogP contribution in [0.25, 0.3) is 22.5 Å². The SMILES string of the molecule is COC(=O)c1ccc2oc(C(O)C(Cc3ccccc3)NC(=O)Cn3c(-c4cccnc4)ncc(NC(=O)OCc4ccccc4)c3=O)nc2c1. The Morgan fingerprint density at radius 1 is 0.941 bits per heavy atom. The second-order valence-corrected chi connectivity index (χ2v) is 11.3. The maximum absolute atomic E-state index is 13.8. The van der Waals surface area contributed by atoms with Crippen molar-refractivity contribution in [2.45, 2.75) is 31.7 Å². The molecule has 0 aliphatic carbocycles. The van der Waals surface area contributed by atoms with Gasteiger partial charge in [0.05, 0.1) is 24.9 Å². The molecule has 0 aliphatic heterocycles. The molecular weight excluding hydrogens is 656 g/mol. The second-order valence-electron chi connectivity index (χ2n) is 11.3. The van der Waals surface area contributed by atoms with Gasteiger partial charge in [-0.05, 0) is 47.9 Å². The summed E-state index contributed by atoms with van der Waals surface area (Å²) in [5, 5.41) is 16.8. The molecule has 0 saturated heterocycles. The van der Waals surface area contributed by atoms with E-state index in [1.165, 1.54) is 37.7 Å². The molecular formula is C37H32N6O8. The fourth-order valence-electron chi connectivity index (χ4n) is 5.31. The molecule has 3 aromatic heterocycles. The number of methoxy groups -OCH3 is 1. The molecule has 0 spiro atoms. The molecule has 14 heteroatoms. The first kappa shape index (κ1) is 34.2. The zero-order chi connectivity index (χ0) is 35.7. The van der Waals surface area contributed by atoms with E-state index in [0.29, 0.717) is 16.7 Å². The highest BCUT2D eigenvalue weighted by Crippen LogP contribution is 2.25. The van der Waals surface area contributed by atoms with Crippen molar-refractivity contribution in [2.75, 3.05) is 12.4 Å². The number of anilines is 1. The minimum Gasteiger partial charge on any atom is -0.465 e. The number of carbonyl (C=O) groups is 3. The number of nitrogens with zero attached hydrogens (tertiary/aromatic N) is 4. The van der Waals surface area contributed by atoms with Crippen molar-refractivity contribution in [1.29, 1.82) is 0 Å². The van der Waals surface area contributed by atoms with Crippen LogP contribution in [0.1, 0.15) is 33.5 Å². The first-order valence-electron chi connectivity index (χ1n) is 15.8. The number of esters is 1. The molecule has 2 amide bonds. The van der Waals surface area contributed by atoms with Crippen molar-refractivity contribution in [3.63, 3.8) is 0 Å². The highest BCUT2D eigenvalue weighted by atomic mass is 16.5. The molecule has 3 aromatic carbocycles. The molecule has 3 N–H and O–H groups in total. The largest absolute Gasteiger partial charge is 0.465 e. The van der Waals surface area contributed by atoms with Crippen LogP contribution in [0.2, 0.25) is 0 Å². The van der Waals surface area contributed by atoms with Gasteiger partial charge < -0.3 is 24.3 Å². The summed E-state index contributed by atoms with van der Waals surface area (Å²) < 4.78 is 17.0. The van der Waals surface area contributed by atoms with Crippen molar-refractivity contribution in [3.8, 4) is 11.4 Å². The van der Waals surface area contributed by atoms with Crippen molar-refractivity contribution >= 4 is 34.8 Å². The van der Waals surface area contributed by atoms with E-state index in [1.807, 2.05) is 36.4 Å². The van der Waals surface area contributed by atoms with Crippen LogP contribution in [0, 0.1) is 0 Å². The van der Waals surface area contributed by atoms with Crippen molar-refractivity contribution in [1.82, 2.24) is 24.8 Å². The number of aliphatic hydroxyl groups excluding tert-OH is 1. The average molecular weight is 689 g/mol. The zero-order valence-electron chi connectivity index (χ0n) is 27.3. The van der Waals surface area contributed by atoms with Crippen LogP contribution in [0.15, 0.2) is 119 Å². The number of aromatic nitrogens is 4. The fraction of sp³-hybridized carbons (Fsp3) is 0.162. The number of hydrogen-bond donors (Lipinski definition) is 3. The number of benzene rings is 3. The Labute approximate surface area is 290 Å². The predicted octanol–water partition coefficient (Wildman–Crippen LogP) is 4.44. The smallest absolute Gasteiger partial charge is 0.412 e. The van der Waals surface area contributed by atoms with E-state index in [-0.39, 0.29) is 36.0 Å². The Kier molecular flexibility index (Phi) is 10.5. The average Bonchev–Trinajstić information content (AvgIpc) is 3.60. The lowest BCUT2D eigenvalue weighted by Crippen LogP contribution is -2.44. The van der Waals surface area contributed by atoms with Crippen LogP contribution < -0.4 is 16.2 Å². The summed E-state index contributed by atoms with van der Waals surface area (Å²) in [6, 6.07) is 25.0. The zero-order valence-corrected chi connectivity index (χ0v) is 27.3. The number of oxazole rings is 1. The number of fused-ring (bicyclic) bond motifs is 1. The minimum atomic E-state index is -1.44. The molecule has 14 nitrogen and oxygen atoms in total. The van der Waals surface area contributed by atoms with E-state index < -0.39 is 42.2 Å². The number of carbonyl (C=O) groups excluding carboxylic acids is 3. The molecule has 51 heavy (non-hydrogen) atoms. The van der Waals surface area contributed by atoms with Gasteiger partial charge in [-0.2, -0.15) is 0 Å².